The van der Waals surface area contributed by atoms with Crippen LogP contribution in [0.1, 0.15) is 47.4 Å². The maximum Gasteiger partial charge on any atom is 0.261 e. The second-order valence-electron chi connectivity index (χ2n) is 8.46. The minimum absolute atomic E-state index is 0.122. The van der Waals surface area contributed by atoms with Crippen molar-refractivity contribution in [1.29, 1.82) is 0 Å². The van der Waals surface area contributed by atoms with E-state index in [1.54, 1.807) is 19.1 Å². The highest BCUT2D eigenvalue weighted by Gasteiger charge is 2.32. The molecule has 2 aromatic carbocycles. The molecule has 1 aliphatic heterocycles. The topological polar surface area (TPSA) is 75.4 Å². The molecule has 1 N–H and O–H groups in total. The lowest BCUT2D eigenvalue weighted by molar-refractivity contribution is -0.122. The lowest BCUT2D eigenvalue weighted by Crippen LogP contribution is -2.33. The molecular weight excluding hydrogens is 426 g/mol. The van der Waals surface area contributed by atoms with E-state index in [-0.39, 0.29) is 17.7 Å². The SMILES string of the molecule is Cc1onc(-c2ccccc2Cl)c1C(=O)Nc1ccc2c(c1)N(C(=O)C1CCCC1)CC2. The fourth-order valence-electron chi connectivity index (χ4n) is 4.75. The Morgan fingerprint density at radius 2 is 1.94 bits per heavy atom. The molecular formula is C25H24ClN3O3. The van der Waals surface area contributed by atoms with Crippen LogP contribution >= 0.6 is 11.6 Å². The van der Waals surface area contributed by atoms with Crippen LogP contribution in [0.15, 0.2) is 47.0 Å². The maximum absolute atomic E-state index is 13.2. The van der Waals surface area contributed by atoms with Gasteiger partial charge in [-0.05, 0) is 49.9 Å². The van der Waals surface area contributed by atoms with Crippen LogP contribution in [-0.2, 0) is 11.2 Å². The van der Waals surface area contributed by atoms with Crippen LogP contribution in [0.5, 0.6) is 0 Å². The average molecular weight is 450 g/mol. The van der Waals surface area contributed by atoms with Crippen molar-refractivity contribution in [3.63, 3.8) is 0 Å². The second-order valence-corrected chi connectivity index (χ2v) is 8.87. The van der Waals surface area contributed by atoms with E-state index in [0.29, 0.717) is 39.8 Å². The summed E-state index contributed by atoms with van der Waals surface area (Å²) < 4.78 is 5.32. The summed E-state index contributed by atoms with van der Waals surface area (Å²) in [7, 11) is 0. The molecule has 2 amide bonds. The molecule has 1 saturated carbocycles. The molecule has 1 aliphatic carbocycles. The monoisotopic (exact) mass is 449 g/mol. The minimum atomic E-state index is -0.328. The molecule has 2 aliphatic rings. The lowest BCUT2D eigenvalue weighted by Gasteiger charge is -2.21. The van der Waals surface area contributed by atoms with E-state index >= 15 is 0 Å². The van der Waals surface area contributed by atoms with Gasteiger partial charge >= 0.3 is 0 Å². The van der Waals surface area contributed by atoms with Crippen LogP contribution in [0.25, 0.3) is 11.3 Å². The molecule has 0 unspecified atom stereocenters. The molecule has 5 rings (SSSR count). The zero-order chi connectivity index (χ0) is 22.2. The van der Waals surface area contributed by atoms with Gasteiger partial charge in [-0.1, -0.05) is 53.9 Å². The summed E-state index contributed by atoms with van der Waals surface area (Å²) in [5.74, 6) is 0.416. The van der Waals surface area contributed by atoms with Crippen molar-refractivity contribution >= 4 is 34.8 Å². The van der Waals surface area contributed by atoms with Gasteiger partial charge < -0.3 is 14.7 Å². The van der Waals surface area contributed by atoms with E-state index in [2.05, 4.69) is 10.5 Å². The highest BCUT2D eigenvalue weighted by Crippen LogP contribution is 2.36. The Kier molecular flexibility index (Phi) is 5.47. The molecule has 164 valence electrons. The van der Waals surface area contributed by atoms with Gasteiger partial charge in [-0.15, -0.1) is 0 Å². The summed E-state index contributed by atoms with van der Waals surface area (Å²) >= 11 is 6.32. The number of hydrogen-bond donors (Lipinski definition) is 1. The van der Waals surface area contributed by atoms with E-state index < -0.39 is 0 Å². The van der Waals surface area contributed by atoms with Gasteiger partial charge in [0.1, 0.15) is 17.0 Å². The molecule has 2 heterocycles. The van der Waals surface area contributed by atoms with Gasteiger partial charge in [0.25, 0.3) is 5.91 Å². The Hall–Kier alpha value is -3.12. The van der Waals surface area contributed by atoms with Crippen LogP contribution < -0.4 is 10.2 Å². The number of nitrogens with zero attached hydrogens (tertiary/aromatic N) is 2. The molecule has 6 nitrogen and oxygen atoms in total. The minimum Gasteiger partial charge on any atom is -0.360 e. The largest absolute Gasteiger partial charge is 0.360 e. The van der Waals surface area contributed by atoms with Gasteiger partial charge in [0.05, 0.1) is 5.02 Å². The quantitative estimate of drug-likeness (QED) is 0.559. The zero-order valence-corrected chi connectivity index (χ0v) is 18.6. The van der Waals surface area contributed by atoms with Crippen molar-refractivity contribution in [3.05, 3.63) is 64.4 Å². The van der Waals surface area contributed by atoms with E-state index in [1.807, 2.05) is 35.2 Å². The third-order valence-corrected chi connectivity index (χ3v) is 6.76. The number of fused-ring (bicyclic) bond motifs is 1. The fourth-order valence-corrected chi connectivity index (χ4v) is 4.97. The predicted molar refractivity (Wildman–Crippen MR) is 124 cm³/mol. The Balaban J connectivity index is 1.41. The number of nitrogens with one attached hydrogen (secondary N) is 1. The Morgan fingerprint density at radius 1 is 1.16 bits per heavy atom. The summed E-state index contributed by atoms with van der Waals surface area (Å²) in [4.78, 5) is 28.1. The first-order chi connectivity index (χ1) is 15.5. The van der Waals surface area contributed by atoms with Crippen LogP contribution in [-0.4, -0.2) is 23.5 Å². The first kappa shape index (κ1) is 20.8. The van der Waals surface area contributed by atoms with Crippen molar-refractivity contribution in [3.8, 4) is 11.3 Å². The van der Waals surface area contributed by atoms with Crippen molar-refractivity contribution in [2.75, 3.05) is 16.8 Å². The standard InChI is InChI=1S/C25H24ClN3O3/c1-15-22(23(28-32-15)19-8-4-5-9-20(19)26)24(30)27-18-11-10-16-12-13-29(21(16)14-18)25(31)17-6-2-3-7-17/h4-5,8-11,14,17H,2-3,6-7,12-13H2,1H3,(H,27,30). The van der Waals surface area contributed by atoms with E-state index in [9.17, 15) is 9.59 Å². The van der Waals surface area contributed by atoms with Crippen LogP contribution in [0.3, 0.4) is 0 Å². The average Bonchev–Trinajstić information content (AvgIpc) is 3.53. The summed E-state index contributed by atoms with van der Waals surface area (Å²) in [6.45, 7) is 2.40. The number of hydrogen-bond acceptors (Lipinski definition) is 4. The molecule has 0 spiro atoms. The summed E-state index contributed by atoms with van der Waals surface area (Å²) in [5, 5.41) is 7.52. The molecule has 0 bridgehead atoms. The van der Waals surface area contributed by atoms with Crippen molar-refractivity contribution in [1.82, 2.24) is 5.16 Å². The maximum atomic E-state index is 13.2. The number of halogens is 1. The normalized spacial score (nSPS) is 15.8. The molecule has 0 atom stereocenters. The molecule has 1 aromatic heterocycles. The Labute approximate surface area is 191 Å². The van der Waals surface area contributed by atoms with Gasteiger partial charge in [-0.3, -0.25) is 9.59 Å². The van der Waals surface area contributed by atoms with Gasteiger partial charge in [-0.2, -0.15) is 0 Å². The number of anilines is 2. The molecule has 0 saturated heterocycles. The molecule has 32 heavy (non-hydrogen) atoms. The lowest BCUT2D eigenvalue weighted by atomic mass is 10.1. The van der Waals surface area contributed by atoms with Crippen LogP contribution in [0.2, 0.25) is 5.02 Å². The summed E-state index contributed by atoms with van der Waals surface area (Å²) in [6, 6.07) is 13.0. The van der Waals surface area contributed by atoms with Crippen LogP contribution in [0, 0.1) is 12.8 Å². The van der Waals surface area contributed by atoms with Crippen molar-refractivity contribution in [2.24, 2.45) is 5.92 Å². The van der Waals surface area contributed by atoms with Gasteiger partial charge in [0, 0.05) is 29.4 Å². The van der Waals surface area contributed by atoms with Crippen molar-refractivity contribution in [2.45, 2.75) is 39.0 Å². The van der Waals surface area contributed by atoms with E-state index in [0.717, 1.165) is 43.4 Å². The first-order valence-corrected chi connectivity index (χ1v) is 11.4. The van der Waals surface area contributed by atoms with Gasteiger partial charge in [0.2, 0.25) is 5.91 Å². The number of aryl methyl sites for hydroxylation is 1. The predicted octanol–water partition coefficient (Wildman–Crippen LogP) is 5.64. The number of rotatable bonds is 4. The van der Waals surface area contributed by atoms with Gasteiger partial charge in [-0.25, -0.2) is 0 Å². The summed E-state index contributed by atoms with van der Waals surface area (Å²) in [5.41, 5.74) is 4.05. The number of aromatic nitrogens is 1. The third kappa shape index (κ3) is 3.69. The van der Waals surface area contributed by atoms with E-state index in [1.165, 1.54) is 0 Å². The highest BCUT2D eigenvalue weighted by molar-refractivity contribution is 6.33. The highest BCUT2D eigenvalue weighted by atomic mass is 35.5. The Bertz CT molecular complexity index is 1200. The van der Waals surface area contributed by atoms with Crippen molar-refractivity contribution < 1.29 is 14.1 Å². The molecule has 7 heteroatoms. The second kappa shape index (κ2) is 8.43. The zero-order valence-electron chi connectivity index (χ0n) is 17.9. The fraction of sp³-hybridized carbons (Fsp3) is 0.320. The van der Waals surface area contributed by atoms with E-state index in [4.69, 9.17) is 16.1 Å². The first-order valence-electron chi connectivity index (χ1n) is 11.0. The number of carbonyl (C=O) groups excluding carboxylic acids is 2. The third-order valence-electron chi connectivity index (χ3n) is 6.43. The molecule has 1 fully saturated rings. The van der Waals surface area contributed by atoms with Crippen LogP contribution in [0.4, 0.5) is 11.4 Å². The number of benzene rings is 2. The summed E-state index contributed by atoms with van der Waals surface area (Å²) in [6.07, 6.45) is 5.03. The molecule has 3 aromatic rings. The number of carbonyl (C=O) groups is 2. The smallest absolute Gasteiger partial charge is 0.261 e. The van der Waals surface area contributed by atoms with Gasteiger partial charge in [0.15, 0.2) is 0 Å². The Morgan fingerprint density at radius 3 is 2.72 bits per heavy atom. The number of amides is 2. The molecule has 0 radical (unpaired) electrons.